The van der Waals surface area contributed by atoms with Crippen LogP contribution < -0.4 is 10.6 Å². The second-order valence-electron chi connectivity index (χ2n) is 5.01. The molecule has 0 aromatic carbocycles. The first-order valence-corrected chi connectivity index (χ1v) is 5.22. The molecule has 1 atom stereocenters. The molecule has 2 aliphatic rings. The number of hydrogen-bond acceptors (Lipinski definition) is 3. The maximum atomic E-state index is 12.1. The number of nitrogens with zero attached hydrogens (tertiary/aromatic N) is 1. The molecule has 0 saturated carbocycles. The van der Waals surface area contributed by atoms with Crippen molar-refractivity contribution < 1.29 is 9.59 Å². The van der Waals surface area contributed by atoms with Gasteiger partial charge in [-0.3, -0.25) is 9.69 Å². The third kappa shape index (κ3) is 1.19. The molecule has 5 heteroatoms. The molecule has 2 fully saturated rings. The number of amides is 3. The molecule has 1 spiro atoms. The summed E-state index contributed by atoms with van der Waals surface area (Å²) in [6.45, 7) is 5.53. The normalized spacial score (nSPS) is 34.7. The largest absolute Gasteiger partial charge is 0.324 e. The first kappa shape index (κ1) is 10.4. The summed E-state index contributed by atoms with van der Waals surface area (Å²) in [6, 6.07) is -0.282. The number of imide groups is 1. The van der Waals surface area contributed by atoms with Crippen molar-refractivity contribution in [2.24, 2.45) is 5.41 Å². The van der Waals surface area contributed by atoms with Gasteiger partial charge in [-0.1, -0.05) is 13.8 Å². The Bertz CT molecular complexity index is 327. The molecule has 0 aromatic rings. The first-order valence-electron chi connectivity index (χ1n) is 5.22. The van der Waals surface area contributed by atoms with Gasteiger partial charge >= 0.3 is 6.03 Å². The number of urea groups is 1. The zero-order valence-electron chi connectivity index (χ0n) is 9.39. The Morgan fingerprint density at radius 1 is 1.33 bits per heavy atom. The summed E-state index contributed by atoms with van der Waals surface area (Å²) in [4.78, 5) is 24.8. The van der Waals surface area contributed by atoms with E-state index in [1.54, 1.807) is 0 Å². The lowest BCUT2D eigenvalue weighted by atomic mass is 9.68. The second-order valence-corrected chi connectivity index (χ2v) is 5.01. The summed E-state index contributed by atoms with van der Waals surface area (Å²) in [7, 11) is 1.53. The lowest BCUT2D eigenvalue weighted by Gasteiger charge is -2.45. The number of piperidine rings is 1. The van der Waals surface area contributed by atoms with Gasteiger partial charge in [0.1, 0.15) is 5.54 Å². The zero-order chi connectivity index (χ0) is 11.3. The van der Waals surface area contributed by atoms with Gasteiger partial charge in [-0.05, 0) is 13.0 Å². The quantitative estimate of drug-likeness (QED) is 0.551. The van der Waals surface area contributed by atoms with Gasteiger partial charge in [0.2, 0.25) is 0 Å². The van der Waals surface area contributed by atoms with E-state index < -0.39 is 5.54 Å². The molecule has 0 radical (unpaired) electrons. The summed E-state index contributed by atoms with van der Waals surface area (Å²) in [5.74, 6) is -0.0981. The van der Waals surface area contributed by atoms with Gasteiger partial charge in [0.15, 0.2) is 0 Å². The Balaban J connectivity index is 2.41. The van der Waals surface area contributed by atoms with Crippen molar-refractivity contribution >= 4 is 11.9 Å². The Kier molecular flexibility index (Phi) is 2.05. The van der Waals surface area contributed by atoms with Crippen molar-refractivity contribution in [1.29, 1.82) is 0 Å². The molecule has 0 aliphatic carbocycles. The summed E-state index contributed by atoms with van der Waals surface area (Å²) in [5.41, 5.74) is -0.952. The van der Waals surface area contributed by atoms with E-state index in [0.29, 0.717) is 6.42 Å². The van der Waals surface area contributed by atoms with Crippen LogP contribution in [-0.2, 0) is 4.79 Å². The zero-order valence-corrected chi connectivity index (χ0v) is 9.39. The minimum atomic E-state index is -0.704. The first-order chi connectivity index (χ1) is 6.91. The van der Waals surface area contributed by atoms with Crippen LogP contribution in [0.15, 0.2) is 0 Å². The maximum Gasteiger partial charge on any atom is 0.324 e. The molecule has 15 heavy (non-hydrogen) atoms. The summed E-state index contributed by atoms with van der Waals surface area (Å²) in [5, 5.41) is 6.11. The van der Waals surface area contributed by atoms with Crippen molar-refractivity contribution in [3.05, 3.63) is 0 Å². The molecule has 0 aromatic heterocycles. The van der Waals surface area contributed by atoms with E-state index >= 15 is 0 Å². The van der Waals surface area contributed by atoms with E-state index in [-0.39, 0.29) is 17.4 Å². The molecule has 2 rings (SSSR count). The minimum Gasteiger partial charge on any atom is -0.322 e. The molecule has 84 valence electrons. The Morgan fingerprint density at radius 3 is 2.47 bits per heavy atom. The fourth-order valence-corrected chi connectivity index (χ4v) is 2.49. The van der Waals surface area contributed by atoms with Crippen LogP contribution >= 0.6 is 0 Å². The highest BCUT2D eigenvalue weighted by Gasteiger charge is 2.59. The lowest BCUT2D eigenvalue weighted by Crippen LogP contribution is -2.65. The summed E-state index contributed by atoms with van der Waals surface area (Å²) < 4.78 is 0. The van der Waals surface area contributed by atoms with Crippen molar-refractivity contribution in [3.63, 3.8) is 0 Å². The topological polar surface area (TPSA) is 61.4 Å². The Labute approximate surface area is 89.2 Å². The summed E-state index contributed by atoms with van der Waals surface area (Å²) in [6.07, 6.45) is 0.662. The molecule has 5 nitrogen and oxygen atoms in total. The molecule has 2 N–H and O–H groups in total. The van der Waals surface area contributed by atoms with Gasteiger partial charge in [-0.15, -0.1) is 0 Å². The molecule has 1 unspecified atom stereocenters. The SMILES string of the molecule is CN1C(=O)NC2(CCNCC2(C)C)C1=O. The average Bonchev–Trinajstić information content (AvgIpc) is 2.38. The van der Waals surface area contributed by atoms with Gasteiger partial charge in [0, 0.05) is 19.0 Å². The van der Waals surface area contributed by atoms with Crippen LogP contribution in [0.1, 0.15) is 20.3 Å². The number of nitrogens with one attached hydrogen (secondary N) is 2. The molecule has 0 bridgehead atoms. The predicted molar refractivity (Wildman–Crippen MR) is 55.3 cm³/mol. The van der Waals surface area contributed by atoms with Gasteiger partial charge in [0.25, 0.3) is 5.91 Å². The van der Waals surface area contributed by atoms with E-state index in [2.05, 4.69) is 10.6 Å². The van der Waals surface area contributed by atoms with E-state index in [1.165, 1.54) is 11.9 Å². The third-order valence-corrected chi connectivity index (χ3v) is 3.69. The van der Waals surface area contributed by atoms with Crippen molar-refractivity contribution in [2.45, 2.75) is 25.8 Å². The molecular formula is C10H17N3O2. The maximum absolute atomic E-state index is 12.1. The van der Waals surface area contributed by atoms with Crippen LogP contribution in [0.25, 0.3) is 0 Å². The number of likely N-dealkylation sites (N-methyl/N-ethyl adjacent to an activating group) is 1. The van der Waals surface area contributed by atoms with Crippen LogP contribution in [0, 0.1) is 5.41 Å². The van der Waals surface area contributed by atoms with Crippen molar-refractivity contribution in [2.75, 3.05) is 20.1 Å². The fourth-order valence-electron chi connectivity index (χ4n) is 2.49. The highest BCUT2D eigenvalue weighted by Crippen LogP contribution is 2.39. The highest BCUT2D eigenvalue weighted by molar-refractivity contribution is 6.07. The van der Waals surface area contributed by atoms with Gasteiger partial charge in [-0.25, -0.2) is 4.79 Å². The Hall–Kier alpha value is -1.10. The molecule has 3 amide bonds. The number of carbonyl (C=O) groups is 2. The predicted octanol–water partition coefficient (Wildman–Crippen LogP) is -0.0737. The van der Waals surface area contributed by atoms with Crippen molar-refractivity contribution in [1.82, 2.24) is 15.5 Å². The van der Waals surface area contributed by atoms with Gasteiger partial charge in [0.05, 0.1) is 0 Å². The highest BCUT2D eigenvalue weighted by atomic mass is 16.2. The molecule has 2 aliphatic heterocycles. The van der Waals surface area contributed by atoms with E-state index in [9.17, 15) is 9.59 Å². The molecule has 2 heterocycles. The van der Waals surface area contributed by atoms with Crippen molar-refractivity contribution in [3.8, 4) is 0 Å². The monoisotopic (exact) mass is 211 g/mol. The van der Waals surface area contributed by atoms with Crippen LogP contribution in [0.3, 0.4) is 0 Å². The van der Waals surface area contributed by atoms with Crippen LogP contribution in [0.4, 0.5) is 4.79 Å². The standard InChI is InChI=1S/C10H17N3O2/c1-9(2)6-11-5-4-10(9)7(14)13(3)8(15)12-10/h11H,4-6H2,1-3H3,(H,12,15). The average molecular weight is 211 g/mol. The van der Waals surface area contributed by atoms with Gasteiger partial charge in [-0.2, -0.15) is 0 Å². The number of carbonyl (C=O) groups excluding carboxylic acids is 2. The molecular weight excluding hydrogens is 194 g/mol. The van der Waals surface area contributed by atoms with Crippen LogP contribution in [-0.4, -0.2) is 42.5 Å². The lowest BCUT2D eigenvalue weighted by molar-refractivity contribution is -0.135. The Morgan fingerprint density at radius 2 is 2.00 bits per heavy atom. The molecule has 2 saturated heterocycles. The number of hydrogen-bond donors (Lipinski definition) is 2. The van der Waals surface area contributed by atoms with Gasteiger partial charge < -0.3 is 10.6 Å². The summed E-state index contributed by atoms with van der Waals surface area (Å²) >= 11 is 0. The van der Waals surface area contributed by atoms with E-state index in [0.717, 1.165) is 13.1 Å². The van der Waals surface area contributed by atoms with E-state index in [1.807, 2.05) is 13.8 Å². The fraction of sp³-hybridized carbons (Fsp3) is 0.800. The van der Waals surface area contributed by atoms with Crippen LogP contribution in [0.5, 0.6) is 0 Å². The van der Waals surface area contributed by atoms with Crippen LogP contribution in [0.2, 0.25) is 0 Å². The number of rotatable bonds is 0. The van der Waals surface area contributed by atoms with E-state index in [4.69, 9.17) is 0 Å². The minimum absolute atomic E-state index is 0.0981. The third-order valence-electron chi connectivity index (χ3n) is 3.69. The smallest absolute Gasteiger partial charge is 0.322 e. The second kappa shape index (κ2) is 2.95.